The highest BCUT2D eigenvalue weighted by molar-refractivity contribution is 5.76. The van der Waals surface area contributed by atoms with Crippen molar-refractivity contribution in [2.24, 2.45) is 23.2 Å². The molecule has 0 N–H and O–H groups in total. The van der Waals surface area contributed by atoms with E-state index in [1.807, 2.05) is 41.5 Å². The lowest BCUT2D eigenvalue weighted by Gasteiger charge is -2.58. The highest BCUT2D eigenvalue weighted by atomic mass is 16.7. The van der Waals surface area contributed by atoms with Crippen molar-refractivity contribution < 1.29 is 23.8 Å². The first-order valence-corrected chi connectivity index (χ1v) is 10.1. The number of ether oxygens (including phenoxy) is 3. The van der Waals surface area contributed by atoms with E-state index in [0.29, 0.717) is 17.8 Å². The van der Waals surface area contributed by atoms with E-state index in [-0.39, 0.29) is 12.1 Å². The minimum Gasteiger partial charge on any atom is -0.461 e. The largest absolute Gasteiger partial charge is 0.509 e. The molecule has 0 spiro atoms. The Kier molecular flexibility index (Phi) is 4.81. The summed E-state index contributed by atoms with van der Waals surface area (Å²) in [5, 5.41) is 0. The fourth-order valence-electron chi connectivity index (χ4n) is 5.10. The SMILES string of the molecule is CCC(C)(C)C(=O)OC1C2CC3CC1CC(OC(=O)OC(C)(C)C)(C3)C2. The number of rotatable bonds is 4. The van der Waals surface area contributed by atoms with Crippen molar-refractivity contribution in [2.75, 3.05) is 0 Å². The summed E-state index contributed by atoms with van der Waals surface area (Å²) in [6.45, 7) is 11.4. The monoisotopic (exact) mass is 366 g/mol. The fraction of sp³-hybridized carbons (Fsp3) is 0.905. The zero-order chi connectivity index (χ0) is 19.3. The van der Waals surface area contributed by atoms with Gasteiger partial charge in [-0.15, -0.1) is 0 Å². The van der Waals surface area contributed by atoms with Crippen LogP contribution in [0.1, 0.15) is 80.1 Å². The van der Waals surface area contributed by atoms with Gasteiger partial charge in [-0.3, -0.25) is 4.79 Å². The first-order valence-electron chi connectivity index (χ1n) is 10.1. The Morgan fingerprint density at radius 3 is 2.08 bits per heavy atom. The van der Waals surface area contributed by atoms with Crippen molar-refractivity contribution >= 4 is 12.1 Å². The number of esters is 1. The molecule has 4 fully saturated rings. The van der Waals surface area contributed by atoms with E-state index in [0.717, 1.165) is 38.5 Å². The van der Waals surface area contributed by atoms with Crippen LogP contribution >= 0.6 is 0 Å². The third-order valence-electron chi connectivity index (χ3n) is 6.50. The van der Waals surface area contributed by atoms with Crippen molar-refractivity contribution in [1.82, 2.24) is 0 Å². The molecule has 4 rings (SSSR count). The molecule has 0 radical (unpaired) electrons. The molecule has 4 aliphatic carbocycles. The number of hydrogen-bond acceptors (Lipinski definition) is 5. The van der Waals surface area contributed by atoms with Gasteiger partial charge in [-0.05, 0) is 79.1 Å². The van der Waals surface area contributed by atoms with Crippen LogP contribution in [0.2, 0.25) is 0 Å². The third kappa shape index (κ3) is 3.86. The first kappa shape index (κ1) is 19.5. The van der Waals surface area contributed by atoms with Gasteiger partial charge in [0.05, 0.1) is 5.41 Å². The smallest absolute Gasteiger partial charge is 0.461 e. The van der Waals surface area contributed by atoms with Gasteiger partial charge in [-0.25, -0.2) is 4.79 Å². The van der Waals surface area contributed by atoms with Crippen LogP contribution in [0.25, 0.3) is 0 Å². The lowest BCUT2D eigenvalue weighted by atomic mass is 9.53. The lowest BCUT2D eigenvalue weighted by Crippen LogP contribution is -2.59. The van der Waals surface area contributed by atoms with Gasteiger partial charge < -0.3 is 14.2 Å². The molecular weight excluding hydrogens is 332 g/mol. The third-order valence-corrected chi connectivity index (χ3v) is 6.50. The summed E-state index contributed by atoms with van der Waals surface area (Å²) in [6.07, 6.45) is 4.79. The van der Waals surface area contributed by atoms with Crippen molar-refractivity contribution in [3.8, 4) is 0 Å². The van der Waals surface area contributed by atoms with E-state index in [9.17, 15) is 9.59 Å². The molecule has 0 aromatic heterocycles. The molecule has 2 atom stereocenters. The fourth-order valence-corrected chi connectivity index (χ4v) is 5.10. The topological polar surface area (TPSA) is 61.8 Å². The molecule has 0 aliphatic heterocycles. The number of carbonyl (C=O) groups is 2. The Morgan fingerprint density at radius 1 is 1.00 bits per heavy atom. The first-order chi connectivity index (χ1) is 11.9. The van der Waals surface area contributed by atoms with Crippen LogP contribution < -0.4 is 0 Å². The van der Waals surface area contributed by atoms with Crippen LogP contribution in [-0.4, -0.2) is 29.4 Å². The second-order valence-corrected chi connectivity index (χ2v) is 10.3. The zero-order valence-electron chi connectivity index (χ0n) is 17.1. The molecule has 2 unspecified atom stereocenters. The van der Waals surface area contributed by atoms with Gasteiger partial charge in [-0.1, -0.05) is 6.92 Å². The molecular formula is C21H34O5. The summed E-state index contributed by atoms with van der Waals surface area (Å²) in [5.74, 6) is 1.05. The summed E-state index contributed by atoms with van der Waals surface area (Å²) < 4.78 is 17.3. The molecule has 0 heterocycles. The Balaban J connectivity index is 1.68. The maximum atomic E-state index is 12.6. The summed E-state index contributed by atoms with van der Waals surface area (Å²) in [7, 11) is 0. The quantitative estimate of drug-likeness (QED) is 0.665. The van der Waals surface area contributed by atoms with Crippen LogP contribution in [0.5, 0.6) is 0 Å². The lowest BCUT2D eigenvalue weighted by molar-refractivity contribution is -0.210. The molecule has 0 aromatic carbocycles. The summed E-state index contributed by atoms with van der Waals surface area (Å²) >= 11 is 0. The van der Waals surface area contributed by atoms with Gasteiger partial charge in [0.15, 0.2) is 0 Å². The van der Waals surface area contributed by atoms with Gasteiger partial charge in [-0.2, -0.15) is 0 Å². The van der Waals surface area contributed by atoms with Crippen LogP contribution in [0, 0.1) is 23.2 Å². The van der Waals surface area contributed by atoms with Crippen molar-refractivity contribution in [1.29, 1.82) is 0 Å². The predicted molar refractivity (Wildman–Crippen MR) is 97.6 cm³/mol. The molecule has 0 amide bonds. The standard InChI is InChI=1S/C21H34O5/c1-7-20(5,6)17(22)24-16-14-8-13-9-15(16)12-21(10-13,11-14)26-18(23)25-19(2,3)4/h13-16H,7-12H2,1-6H3. The van der Waals surface area contributed by atoms with Crippen molar-refractivity contribution in [3.63, 3.8) is 0 Å². The van der Waals surface area contributed by atoms with E-state index >= 15 is 0 Å². The molecule has 0 aromatic rings. The van der Waals surface area contributed by atoms with E-state index < -0.39 is 22.8 Å². The van der Waals surface area contributed by atoms with Crippen LogP contribution in [0.3, 0.4) is 0 Å². The normalized spacial score (nSPS) is 35.9. The molecule has 5 heteroatoms. The van der Waals surface area contributed by atoms with Gasteiger partial charge in [0.2, 0.25) is 0 Å². The Hall–Kier alpha value is -1.26. The molecule has 0 saturated heterocycles. The molecule has 26 heavy (non-hydrogen) atoms. The second kappa shape index (κ2) is 6.42. The average molecular weight is 366 g/mol. The van der Waals surface area contributed by atoms with Crippen LogP contribution in [0.4, 0.5) is 4.79 Å². The minimum absolute atomic E-state index is 0.0276. The Bertz CT molecular complexity index is 557. The summed E-state index contributed by atoms with van der Waals surface area (Å²) in [4.78, 5) is 24.8. The summed E-state index contributed by atoms with van der Waals surface area (Å²) in [5.41, 5.74) is -1.43. The Morgan fingerprint density at radius 2 is 1.58 bits per heavy atom. The van der Waals surface area contributed by atoms with Gasteiger partial charge in [0.1, 0.15) is 17.3 Å². The van der Waals surface area contributed by atoms with E-state index in [1.165, 1.54) is 0 Å². The number of hydrogen-bond donors (Lipinski definition) is 0. The number of carbonyl (C=O) groups excluding carboxylic acids is 2. The maximum Gasteiger partial charge on any atom is 0.509 e. The summed E-state index contributed by atoms with van der Waals surface area (Å²) in [6, 6.07) is 0. The van der Waals surface area contributed by atoms with E-state index in [2.05, 4.69) is 0 Å². The van der Waals surface area contributed by atoms with Gasteiger partial charge in [0.25, 0.3) is 0 Å². The van der Waals surface area contributed by atoms with Crippen molar-refractivity contribution in [2.45, 2.75) is 97.4 Å². The van der Waals surface area contributed by atoms with Crippen LogP contribution in [-0.2, 0) is 19.0 Å². The molecule has 5 nitrogen and oxygen atoms in total. The highest BCUT2D eigenvalue weighted by Crippen LogP contribution is 2.58. The highest BCUT2D eigenvalue weighted by Gasteiger charge is 2.59. The van der Waals surface area contributed by atoms with E-state index in [1.54, 1.807) is 0 Å². The van der Waals surface area contributed by atoms with Gasteiger partial charge >= 0.3 is 12.1 Å². The minimum atomic E-state index is -0.569. The van der Waals surface area contributed by atoms with Crippen LogP contribution in [0.15, 0.2) is 0 Å². The van der Waals surface area contributed by atoms with Crippen molar-refractivity contribution in [3.05, 3.63) is 0 Å². The second-order valence-electron chi connectivity index (χ2n) is 10.3. The van der Waals surface area contributed by atoms with E-state index in [4.69, 9.17) is 14.2 Å². The average Bonchev–Trinajstić information content (AvgIpc) is 2.47. The maximum absolute atomic E-state index is 12.6. The predicted octanol–water partition coefficient (Wildman–Crippen LogP) is 4.86. The van der Waals surface area contributed by atoms with Gasteiger partial charge in [0, 0.05) is 11.8 Å². The molecule has 148 valence electrons. The molecule has 4 bridgehead atoms. The molecule has 4 aliphatic rings. The zero-order valence-corrected chi connectivity index (χ0v) is 17.1. The molecule has 4 saturated carbocycles. The Labute approximate surface area is 157 Å².